The predicted molar refractivity (Wildman–Crippen MR) is 206 cm³/mol. The Bertz CT molecular complexity index is 2340. The Labute approximate surface area is 295 Å². The number of nitrogens with zero attached hydrogens (tertiary/aromatic N) is 4. The van der Waals surface area contributed by atoms with Crippen LogP contribution in [-0.2, 0) is 0 Å². The summed E-state index contributed by atoms with van der Waals surface area (Å²) in [5.41, 5.74) is 10.7. The standard InChI is InChI=1S/C45H30N4S/c1-4-14-31(15-5-1)35-28-36(32-16-6-2-7-17-32)30-37(29-35)45-47-43(33-18-8-3-9-19-33)46-44(48-45)34-24-26-38(27-25-34)49-39-20-10-12-22-41(39)50-42-23-13-11-21-40(42)49/h1-30H. The van der Waals surface area contributed by atoms with E-state index in [-0.39, 0.29) is 0 Å². The molecule has 0 amide bonds. The zero-order valence-electron chi connectivity index (χ0n) is 27.0. The normalized spacial score (nSPS) is 11.9. The first-order chi connectivity index (χ1) is 24.8. The number of hydrogen-bond donors (Lipinski definition) is 0. The molecule has 0 saturated heterocycles. The second-order valence-electron chi connectivity index (χ2n) is 12.1. The fourth-order valence-electron chi connectivity index (χ4n) is 6.44. The molecule has 236 valence electrons. The van der Waals surface area contributed by atoms with Crippen LogP contribution in [0.25, 0.3) is 56.4 Å². The molecule has 0 N–H and O–H groups in total. The van der Waals surface area contributed by atoms with E-state index in [2.05, 4.69) is 144 Å². The molecule has 8 aromatic rings. The van der Waals surface area contributed by atoms with Gasteiger partial charge in [-0.15, -0.1) is 0 Å². The zero-order chi connectivity index (χ0) is 33.3. The van der Waals surface area contributed by atoms with E-state index >= 15 is 0 Å². The van der Waals surface area contributed by atoms with E-state index < -0.39 is 0 Å². The molecule has 1 aliphatic heterocycles. The summed E-state index contributed by atoms with van der Waals surface area (Å²) < 4.78 is 0. The van der Waals surface area contributed by atoms with Gasteiger partial charge in [0, 0.05) is 32.2 Å². The molecule has 0 radical (unpaired) electrons. The highest BCUT2D eigenvalue weighted by Crippen LogP contribution is 2.51. The van der Waals surface area contributed by atoms with E-state index in [1.165, 1.54) is 21.2 Å². The summed E-state index contributed by atoms with van der Waals surface area (Å²) in [7, 11) is 0. The van der Waals surface area contributed by atoms with Gasteiger partial charge in [-0.3, -0.25) is 0 Å². The van der Waals surface area contributed by atoms with Gasteiger partial charge in [-0.25, -0.2) is 15.0 Å². The lowest BCUT2D eigenvalue weighted by Gasteiger charge is -2.32. The van der Waals surface area contributed by atoms with Crippen LogP contribution in [0.2, 0.25) is 0 Å². The van der Waals surface area contributed by atoms with Gasteiger partial charge in [0.15, 0.2) is 17.5 Å². The summed E-state index contributed by atoms with van der Waals surface area (Å²) in [4.78, 5) is 20.1. The van der Waals surface area contributed by atoms with Crippen molar-refractivity contribution in [1.82, 2.24) is 15.0 Å². The SMILES string of the molecule is c1ccc(-c2cc(-c3ccccc3)cc(-c3nc(-c4ccccc4)nc(-c4ccc(N5c6ccccc6Sc6ccccc65)cc4)n3)c2)cc1. The number of benzene rings is 7. The third-order valence-corrected chi connectivity index (χ3v) is 10.0. The molecule has 4 nitrogen and oxygen atoms in total. The summed E-state index contributed by atoms with van der Waals surface area (Å²) in [5.74, 6) is 1.89. The van der Waals surface area contributed by atoms with Crippen LogP contribution >= 0.6 is 11.8 Å². The number of anilines is 3. The van der Waals surface area contributed by atoms with Gasteiger partial charge in [0.2, 0.25) is 0 Å². The van der Waals surface area contributed by atoms with E-state index in [0.717, 1.165) is 44.6 Å². The van der Waals surface area contributed by atoms with Crippen LogP contribution in [0.4, 0.5) is 17.1 Å². The molecule has 7 aromatic carbocycles. The van der Waals surface area contributed by atoms with Gasteiger partial charge in [0.25, 0.3) is 0 Å². The molecule has 0 bridgehead atoms. The largest absolute Gasteiger partial charge is 0.308 e. The smallest absolute Gasteiger partial charge is 0.164 e. The summed E-state index contributed by atoms with van der Waals surface area (Å²) in [6.07, 6.45) is 0. The molecule has 1 aliphatic rings. The average molecular weight is 659 g/mol. The lowest BCUT2D eigenvalue weighted by Crippen LogP contribution is -2.14. The second-order valence-corrected chi connectivity index (χ2v) is 13.2. The first-order valence-corrected chi connectivity index (χ1v) is 17.4. The highest BCUT2D eigenvalue weighted by atomic mass is 32.2. The van der Waals surface area contributed by atoms with Crippen LogP contribution in [0.5, 0.6) is 0 Å². The molecule has 1 aromatic heterocycles. The van der Waals surface area contributed by atoms with Crippen LogP contribution in [0.15, 0.2) is 192 Å². The van der Waals surface area contributed by atoms with Crippen molar-refractivity contribution in [2.24, 2.45) is 0 Å². The molecular weight excluding hydrogens is 629 g/mol. The number of hydrogen-bond acceptors (Lipinski definition) is 5. The van der Waals surface area contributed by atoms with Crippen molar-refractivity contribution < 1.29 is 0 Å². The number of aromatic nitrogens is 3. The highest BCUT2D eigenvalue weighted by Gasteiger charge is 2.24. The van der Waals surface area contributed by atoms with Crippen molar-refractivity contribution in [3.63, 3.8) is 0 Å². The zero-order valence-corrected chi connectivity index (χ0v) is 27.8. The Hall–Kier alpha value is -6.30. The third-order valence-electron chi connectivity index (χ3n) is 8.89. The Morgan fingerprint density at radius 3 is 1.20 bits per heavy atom. The maximum atomic E-state index is 5.14. The molecule has 0 saturated carbocycles. The Balaban J connectivity index is 1.18. The summed E-state index contributed by atoms with van der Waals surface area (Å²) in [6, 6.07) is 63.4. The lowest BCUT2D eigenvalue weighted by atomic mass is 9.96. The molecule has 0 unspecified atom stereocenters. The van der Waals surface area contributed by atoms with E-state index in [9.17, 15) is 0 Å². The van der Waals surface area contributed by atoms with Crippen LogP contribution in [0.3, 0.4) is 0 Å². The number of fused-ring (bicyclic) bond motifs is 2. The maximum Gasteiger partial charge on any atom is 0.164 e. The second kappa shape index (κ2) is 13.0. The maximum absolute atomic E-state index is 5.14. The van der Waals surface area contributed by atoms with Crippen LogP contribution in [0, 0.1) is 0 Å². The van der Waals surface area contributed by atoms with Gasteiger partial charge in [0.1, 0.15) is 0 Å². The van der Waals surface area contributed by atoms with Crippen molar-refractivity contribution in [3.05, 3.63) is 182 Å². The van der Waals surface area contributed by atoms with Gasteiger partial charge in [-0.1, -0.05) is 127 Å². The van der Waals surface area contributed by atoms with E-state index in [1.807, 2.05) is 54.2 Å². The Morgan fingerprint density at radius 2 is 0.700 bits per heavy atom. The molecule has 0 aliphatic carbocycles. The van der Waals surface area contributed by atoms with E-state index in [1.54, 1.807) is 0 Å². The molecule has 5 heteroatoms. The van der Waals surface area contributed by atoms with Gasteiger partial charge in [0.05, 0.1) is 11.4 Å². The van der Waals surface area contributed by atoms with Crippen LogP contribution in [0.1, 0.15) is 0 Å². The molecule has 50 heavy (non-hydrogen) atoms. The lowest BCUT2D eigenvalue weighted by molar-refractivity contribution is 1.07. The van der Waals surface area contributed by atoms with Gasteiger partial charge < -0.3 is 4.90 Å². The topological polar surface area (TPSA) is 41.9 Å². The fraction of sp³-hybridized carbons (Fsp3) is 0. The Morgan fingerprint density at radius 1 is 0.320 bits per heavy atom. The van der Waals surface area contributed by atoms with Gasteiger partial charge in [-0.2, -0.15) is 0 Å². The Kier molecular flexibility index (Phi) is 7.72. The predicted octanol–water partition coefficient (Wildman–Crippen LogP) is 12.1. The quantitative estimate of drug-likeness (QED) is 0.178. The minimum absolute atomic E-state index is 0.627. The molecule has 0 fully saturated rings. The highest BCUT2D eigenvalue weighted by molar-refractivity contribution is 7.99. The van der Waals surface area contributed by atoms with Crippen LogP contribution < -0.4 is 4.90 Å². The van der Waals surface area contributed by atoms with E-state index in [0.29, 0.717) is 17.5 Å². The summed E-state index contributed by atoms with van der Waals surface area (Å²) in [5, 5.41) is 0. The molecule has 2 heterocycles. The fourth-order valence-corrected chi connectivity index (χ4v) is 7.50. The summed E-state index contributed by atoms with van der Waals surface area (Å²) in [6.45, 7) is 0. The molecular formula is C45H30N4S. The van der Waals surface area contributed by atoms with Crippen molar-refractivity contribution >= 4 is 28.8 Å². The van der Waals surface area contributed by atoms with Crippen molar-refractivity contribution in [3.8, 4) is 56.4 Å². The number of para-hydroxylation sites is 2. The van der Waals surface area contributed by atoms with E-state index in [4.69, 9.17) is 15.0 Å². The molecule has 0 atom stereocenters. The average Bonchev–Trinajstić information content (AvgIpc) is 3.20. The first kappa shape index (κ1) is 29.8. The molecule has 9 rings (SSSR count). The minimum atomic E-state index is 0.627. The van der Waals surface area contributed by atoms with Gasteiger partial charge >= 0.3 is 0 Å². The third kappa shape index (κ3) is 5.74. The monoisotopic (exact) mass is 658 g/mol. The van der Waals surface area contributed by atoms with Crippen LogP contribution in [-0.4, -0.2) is 15.0 Å². The van der Waals surface area contributed by atoms with Crippen molar-refractivity contribution in [1.29, 1.82) is 0 Å². The molecule has 0 spiro atoms. The van der Waals surface area contributed by atoms with Crippen molar-refractivity contribution in [2.75, 3.05) is 4.90 Å². The first-order valence-electron chi connectivity index (χ1n) is 16.6. The van der Waals surface area contributed by atoms with Gasteiger partial charge in [-0.05, 0) is 89.0 Å². The van der Waals surface area contributed by atoms with Crippen molar-refractivity contribution in [2.45, 2.75) is 9.79 Å². The minimum Gasteiger partial charge on any atom is -0.308 e. The summed E-state index contributed by atoms with van der Waals surface area (Å²) >= 11 is 1.81. The number of rotatable bonds is 6.